The van der Waals surface area contributed by atoms with E-state index in [1.54, 1.807) is 13.0 Å². The first-order chi connectivity index (χ1) is 10.6. The van der Waals surface area contributed by atoms with Crippen molar-refractivity contribution in [2.45, 2.75) is 6.92 Å². The molecule has 0 radical (unpaired) electrons. The normalized spacial score (nSPS) is 10.8. The molecule has 5 heteroatoms. The molecule has 0 spiro atoms. The summed E-state index contributed by atoms with van der Waals surface area (Å²) in [6.07, 6.45) is 0. The second-order valence-corrected chi connectivity index (χ2v) is 5.50. The topological polar surface area (TPSA) is 39.4 Å². The van der Waals surface area contributed by atoms with Crippen LogP contribution in [0.2, 0.25) is 0 Å². The summed E-state index contributed by atoms with van der Waals surface area (Å²) in [4.78, 5) is 12.1. The van der Waals surface area contributed by atoms with Gasteiger partial charge in [-0.25, -0.2) is 4.79 Å². The summed E-state index contributed by atoms with van der Waals surface area (Å²) in [6, 6.07) is 13.2. The van der Waals surface area contributed by atoms with Crippen molar-refractivity contribution < 1.29 is 13.9 Å². The minimum atomic E-state index is -0.521. The number of ether oxygens (including phenoxy) is 1. The Hall–Kier alpha value is -2.11. The maximum absolute atomic E-state index is 12.0. The third-order valence-electron chi connectivity index (χ3n) is 3.34. The second kappa shape index (κ2) is 5.94. The first-order valence-corrected chi connectivity index (χ1v) is 7.60. The van der Waals surface area contributed by atoms with Crippen LogP contribution >= 0.6 is 24.4 Å². The van der Waals surface area contributed by atoms with E-state index in [0.717, 1.165) is 16.2 Å². The summed E-state index contributed by atoms with van der Waals surface area (Å²) in [5, 5.41) is 2.78. The minimum Gasteiger partial charge on any atom is -0.462 e. The van der Waals surface area contributed by atoms with Crippen LogP contribution in [0.4, 0.5) is 0 Å². The molecular formula is C17H12O3S2. The van der Waals surface area contributed by atoms with Gasteiger partial charge in [0.15, 0.2) is 4.71 Å². The number of carbonyl (C=O) groups is 1. The highest BCUT2D eigenvalue weighted by molar-refractivity contribution is 7.82. The summed E-state index contributed by atoms with van der Waals surface area (Å²) in [6.45, 7) is 2.02. The Kier molecular flexibility index (Phi) is 4.00. The molecule has 1 aromatic heterocycles. The fourth-order valence-electron chi connectivity index (χ4n) is 2.43. The van der Waals surface area contributed by atoms with Gasteiger partial charge in [0.1, 0.15) is 10.4 Å². The standard InChI is InChI=1S/C17H12O3S2/c1-2-19-17(18)16(22)12-9-14(21)20-13-8-7-10-5-3-4-6-11(10)15(12)13/h3-9H,2H2,1H3. The molecule has 0 N–H and O–H groups in total. The monoisotopic (exact) mass is 328 g/mol. The lowest BCUT2D eigenvalue weighted by Crippen LogP contribution is -2.16. The summed E-state index contributed by atoms with van der Waals surface area (Å²) in [5.74, 6) is -0.521. The van der Waals surface area contributed by atoms with E-state index in [0.29, 0.717) is 11.1 Å². The molecule has 0 aliphatic rings. The molecule has 0 saturated heterocycles. The molecule has 0 amide bonds. The average molecular weight is 328 g/mol. The number of benzene rings is 2. The van der Waals surface area contributed by atoms with Crippen LogP contribution in [0.5, 0.6) is 0 Å². The highest BCUT2D eigenvalue weighted by Gasteiger charge is 2.18. The van der Waals surface area contributed by atoms with Crippen molar-refractivity contribution >= 4 is 57.0 Å². The van der Waals surface area contributed by atoms with Crippen molar-refractivity contribution in [3.8, 4) is 0 Å². The van der Waals surface area contributed by atoms with Crippen LogP contribution in [0, 0.1) is 4.71 Å². The van der Waals surface area contributed by atoms with Crippen LogP contribution in [0.1, 0.15) is 12.5 Å². The van der Waals surface area contributed by atoms with E-state index in [4.69, 9.17) is 33.6 Å². The molecular weight excluding hydrogens is 316 g/mol. The lowest BCUT2D eigenvalue weighted by atomic mass is 10.00. The summed E-state index contributed by atoms with van der Waals surface area (Å²) in [7, 11) is 0. The molecule has 3 aromatic rings. The number of rotatable bonds is 3. The first kappa shape index (κ1) is 14.8. The van der Waals surface area contributed by atoms with Crippen LogP contribution in [0.3, 0.4) is 0 Å². The van der Waals surface area contributed by atoms with Gasteiger partial charge in [-0.15, -0.1) is 0 Å². The quantitative estimate of drug-likeness (QED) is 0.304. The van der Waals surface area contributed by atoms with Crippen molar-refractivity contribution in [2.75, 3.05) is 6.61 Å². The van der Waals surface area contributed by atoms with Gasteiger partial charge in [-0.1, -0.05) is 42.5 Å². The molecule has 1 heterocycles. The van der Waals surface area contributed by atoms with E-state index in [9.17, 15) is 4.79 Å². The minimum absolute atomic E-state index is 0.116. The molecule has 0 bridgehead atoms. The molecule has 0 aliphatic heterocycles. The van der Waals surface area contributed by atoms with Crippen molar-refractivity contribution in [2.24, 2.45) is 0 Å². The maximum atomic E-state index is 12.0. The van der Waals surface area contributed by atoms with Crippen LogP contribution in [-0.4, -0.2) is 17.4 Å². The van der Waals surface area contributed by atoms with Crippen molar-refractivity contribution in [1.29, 1.82) is 0 Å². The Bertz CT molecular complexity index is 957. The third kappa shape index (κ3) is 2.53. The largest absolute Gasteiger partial charge is 0.462 e. The van der Waals surface area contributed by atoms with Gasteiger partial charge in [0.05, 0.1) is 6.61 Å². The smallest absolute Gasteiger partial charge is 0.349 e. The zero-order chi connectivity index (χ0) is 15.7. The van der Waals surface area contributed by atoms with Gasteiger partial charge < -0.3 is 9.15 Å². The predicted molar refractivity (Wildman–Crippen MR) is 92.9 cm³/mol. The fraction of sp³-hybridized carbons (Fsp3) is 0.118. The van der Waals surface area contributed by atoms with Gasteiger partial charge in [0, 0.05) is 17.0 Å². The van der Waals surface area contributed by atoms with Gasteiger partial charge >= 0.3 is 5.97 Å². The van der Waals surface area contributed by atoms with E-state index < -0.39 is 5.97 Å². The van der Waals surface area contributed by atoms with Crippen LogP contribution < -0.4 is 0 Å². The Balaban J connectivity index is 2.37. The Morgan fingerprint density at radius 1 is 1.23 bits per heavy atom. The Morgan fingerprint density at radius 2 is 2.00 bits per heavy atom. The van der Waals surface area contributed by atoms with E-state index in [2.05, 4.69) is 0 Å². The molecule has 22 heavy (non-hydrogen) atoms. The maximum Gasteiger partial charge on any atom is 0.349 e. The van der Waals surface area contributed by atoms with Crippen molar-refractivity contribution in [1.82, 2.24) is 0 Å². The average Bonchev–Trinajstić information content (AvgIpc) is 2.53. The van der Waals surface area contributed by atoms with Gasteiger partial charge in [0.2, 0.25) is 0 Å². The number of hydrogen-bond acceptors (Lipinski definition) is 5. The fourth-order valence-corrected chi connectivity index (χ4v) is 2.86. The predicted octanol–water partition coefficient (Wildman–Crippen LogP) is 4.60. The number of thiocarbonyl (C=S) groups is 1. The molecule has 0 saturated carbocycles. The number of carbonyl (C=O) groups excluding carboxylic acids is 1. The first-order valence-electron chi connectivity index (χ1n) is 6.79. The highest BCUT2D eigenvalue weighted by atomic mass is 32.1. The molecule has 0 aliphatic carbocycles. The molecule has 0 fully saturated rings. The Morgan fingerprint density at radius 3 is 2.77 bits per heavy atom. The summed E-state index contributed by atoms with van der Waals surface area (Å²) >= 11 is 10.4. The van der Waals surface area contributed by atoms with Gasteiger partial charge in [0.25, 0.3) is 0 Å². The van der Waals surface area contributed by atoms with E-state index >= 15 is 0 Å². The van der Waals surface area contributed by atoms with Crippen molar-refractivity contribution in [3.05, 3.63) is 52.7 Å². The lowest BCUT2D eigenvalue weighted by molar-refractivity contribution is -0.134. The SMILES string of the molecule is CCOC(=O)C(=S)c1cc(=S)oc2ccc3ccccc3c12. The van der Waals surface area contributed by atoms with Crippen LogP contribution in [-0.2, 0) is 9.53 Å². The lowest BCUT2D eigenvalue weighted by Gasteiger charge is -2.09. The van der Waals surface area contributed by atoms with E-state index in [1.165, 1.54) is 0 Å². The molecule has 0 atom stereocenters. The highest BCUT2D eigenvalue weighted by Crippen LogP contribution is 2.29. The molecule has 3 rings (SSSR count). The third-order valence-corrected chi connectivity index (χ3v) is 3.93. The number of fused-ring (bicyclic) bond motifs is 3. The number of hydrogen-bond donors (Lipinski definition) is 0. The summed E-state index contributed by atoms with van der Waals surface area (Å²) < 4.78 is 10.9. The Labute approximate surface area is 137 Å². The van der Waals surface area contributed by atoms with Gasteiger partial charge in [-0.3, -0.25) is 0 Å². The van der Waals surface area contributed by atoms with Crippen LogP contribution in [0.25, 0.3) is 21.7 Å². The zero-order valence-corrected chi connectivity index (χ0v) is 13.4. The molecule has 0 unspecified atom stereocenters. The van der Waals surface area contributed by atoms with Gasteiger partial charge in [-0.05, 0) is 36.0 Å². The molecule has 110 valence electrons. The molecule has 3 nitrogen and oxygen atoms in total. The van der Waals surface area contributed by atoms with Crippen molar-refractivity contribution in [3.63, 3.8) is 0 Å². The number of esters is 1. The van der Waals surface area contributed by atoms with Crippen LogP contribution in [0.15, 0.2) is 46.9 Å². The molecule has 2 aromatic carbocycles. The van der Waals surface area contributed by atoms with Gasteiger partial charge in [-0.2, -0.15) is 0 Å². The van der Waals surface area contributed by atoms with E-state index in [1.807, 2.05) is 36.4 Å². The second-order valence-electron chi connectivity index (χ2n) is 4.69. The summed E-state index contributed by atoms with van der Waals surface area (Å²) in [5.41, 5.74) is 1.18. The zero-order valence-electron chi connectivity index (χ0n) is 11.8. The van der Waals surface area contributed by atoms with E-state index in [-0.39, 0.29) is 16.2 Å².